The fraction of sp³-hybridized carbons (Fsp3) is 0.533. The second-order valence-corrected chi connectivity index (χ2v) is 5.16. The molecule has 0 fully saturated rings. The van der Waals surface area contributed by atoms with Crippen LogP contribution in [0.1, 0.15) is 12.0 Å². The molecule has 2 rings (SSSR count). The molecule has 5 heteroatoms. The van der Waals surface area contributed by atoms with Gasteiger partial charge in [-0.15, -0.1) is 0 Å². The van der Waals surface area contributed by atoms with E-state index in [1.54, 1.807) is 0 Å². The number of rotatable bonds is 6. The Hall–Kier alpha value is -1.75. The molecule has 0 amide bonds. The number of nitrogens with one attached hydrogen (secondary N) is 2. The molecule has 0 radical (unpaired) electrons. The van der Waals surface area contributed by atoms with E-state index in [0.29, 0.717) is 6.61 Å². The quantitative estimate of drug-likeness (QED) is 0.816. The summed E-state index contributed by atoms with van der Waals surface area (Å²) in [7, 11) is 4.09. The predicted molar refractivity (Wildman–Crippen MR) is 82.3 cm³/mol. The smallest absolute Gasteiger partial charge is 0.191 e. The highest BCUT2D eigenvalue weighted by atomic mass is 16.5. The van der Waals surface area contributed by atoms with Crippen LogP contribution in [0.15, 0.2) is 29.3 Å². The number of guanidine groups is 1. The number of hydrogen-bond acceptors (Lipinski definition) is 5. The summed E-state index contributed by atoms with van der Waals surface area (Å²) in [6, 6.07) is 8.19. The Balaban J connectivity index is 1.81. The van der Waals surface area contributed by atoms with Crippen LogP contribution in [0.5, 0.6) is 5.75 Å². The monoisotopic (exact) mass is 276 g/mol. The number of aliphatic imine (C=N–C) groups is 1. The Labute approximate surface area is 121 Å². The van der Waals surface area contributed by atoms with Crippen molar-refractivity contribution in [2.45, 2.75) is 13.0 Å². The first kappa shape index (κ1) is 14.7. The van der Waals surface area contributed by atoms with Crippen molar-refractivity contribution in [2.24, 2.45) is 4.99 Å². The first-order chi connectivity index (χ1) is 9.74. The van der Waals surface area contributed by atoms with E-state index in [9.17, 15) is 0 Å². The van der Waals surface area contributed by atoms with Crippen LogP contribution in [0.25, 0.3) is 0 Å². The molecular weight excluding hydrogens is 252 g/mol. The minimum Gasteiger partial charge on any atom is -0.492 e. The Morgan fingerprint density at radius 1 is 1.40 bits per heavy atom. The molecule has 1 aromatic carbocycles. The summed E-state index contributed by atoms with van der Waals surface area (Å²) in [5.74, 6) is 1.82. The molecule has 0 saturated carbocycles. The second-order valence-electron chi connectivity index (χ2n) is 5.16. The number of ether oxygens (including phenoxy) is 1. The molecule has 0 atom stereocenters. The van der Waals surface area contributed by atoms with Crippen LogP contribution in [0.4, 0.5) is 0 Å². The molecule has 1 aliphatic rings. The van der Waals surface area contributed by atoms with Crippen LogP contribution >= 0.6 is 0 Å². The summed E-state index contributed by atoms with van der Waals surface area (Å²) in [5, 5.41) is 6.57. The van der Waals surface area contributed by atoms with Gasteiger partial charge in [-0.3, -0.25) is 4.99 Å². The van der Waals surface area contributed by atoms with E-state index in [1.807, 2.05) is 26.2 Å². The SMILES string of the molecule is CN(C)CCOc1cccc(CNC2=NCCCN2)c1. The third-order valence-corrected chi connectivity index (χ3v) is 3.06. The predicted octanol–water partition coefficient (Wildman–Crippen LogP) is 1.07. The Bertz CT molecular complexity index is 445. The molecular formula is C15H24N4O. The van der Waals surface area contributed by atoms with Crippen LogP contribution in [0.3, 0.4) is 0 Å². The summed E-state index contributed by atoms with van der Waals surface area (Å²) in [6.07, 6.45) is 1.11. The number of hydrogen-bond donors (Lipinski definition) is 2. The van der Waals surface area contributed by atoms with Gasteiger partial charge in [-0.2, -0.15) is 0 Å². The highest BCUT2D eigenvalue weighted by Crippen LogP contribution is 2.13. The summed E-state index contributed by atoms with van der Waals surface area (Å²) in [6.45, 7) is 4.29. The third-order valence-electron chi connectivity index (χ3n) is 3.06. The van der Waals surface area contributed by atoms with Crippen molar-refractivity contribution in [3.63, 3.8) is 0 Å². The number of nitrogens with zero attached hydrogens (tertiary/aromatic N) is 2. The highest BCUT2D eigenvalue weighted by Gasteiger charge is 2.03. The van der Waals surface area contributed by atoms with Gasteiger partial charge in [-0.1, -0.05) is 12.1 Å². The average Bonchev–Trinajstić information content (AvgIpc) is 2.46. The van der Waals surface area contributed by atoms with E-state index < -0.39 is 0 Å². The Morgan fingerprint density at radius 2 is 2.30 bits per heavy atom. The molecule has 0 aromatic heterocycles. The van der Waals surface area contributed by atoms with Crippen LogP contribution < -0.4 is 15.4 Å². The first-order valence-corrected chi connectivity index (χ1v) is 7.13. The van der Waals surface area contributed by atoms with Crippen molar-refractivity contribution in [3.05, 3.63) is 29.8 Å². The van der Waals surface area contributed by atoms with Crippen molar-refractivity contribution < 1.29 is 4.74 Å². The lowest BCUT2D eigenvalue weighted by atomic mass is 10.2. The van der Waals surface area contributed by atoms with Gasteiger partial charge >= 0.3 is 0 Å². The number of likely N-dealkylation sites (N-methyl/N-ethyl adjacent to an activating group) is 1. The molecule has 2 N–H and O–H groups in total. The second kappa shape index (κ2) is 7.75. The van der Waals surface area contributed by atoms with Crippen molar-refractivity contribution in [2.75, 3.05) is 40.3 Å². The van der Waals surface area contributed by atoms with Crippen molar-refractivity contribution in [1.82, 2.24) is 15.5 Å². The Morgan fingerprint density at radius 3 is 3.05 bits per heavy atom. The summed E-state index contributed by atoms with van der Waals surface area (Å²) < 4.78 is 5.73. The molecule has 0 aliphatic carbocycles. The molecule has 1 aliphatic heterocycles. The Kier molecular flexibility index (Phi) is 5.68. The van der Waals surface area contributed by atoms with Crippen molar-refractivity contribution >= 4 is 5.96 Å². The van der Waals surface area contributed by atoms with Gasteiger partial charge in [-0.05, 0) is 38.2 Å². The molecule has 110 valence electrons. The summed E-state index contributed by atoms with van der Waals surface area (Å²) in [5.41, 5.74) is 1.20. The van der Waals surface area contributed by atoms with E-state index in [4.69, 9.17) is 4.74 Å². The zero-order chi connectivity index (χ0) is 14.2. The lowest BCUT2D eigenvalue weighted by Gasteiger charge is -2.16. The number of benzene rings is 1. The maximum atomic E-state index is 5.73. The highest BCUT2D eigenvalue weighted by molar-refractivity contribution is 5.80. The molecule has 0 bridgehead atoms. The lowest BCUT2D eigenvalue weighted by Crippen LogP contribution is -2.40. The van der Waals surface area contributed by atoms with Crippen LogP contribution in [0.2, 0.25) is 0 Å². The molecule has 20 heavy (non-hydrogen) atoms. The van der Waals surface area contributed by atoms with E-state index >= 15 is 0 Å². The average molecular weight is 276 g/mol. The first-order valence-electron chi connectivity index (χ1n) is 7.13. The van der Waals surface area contributed by atoms with Gasteiger partial charge in [0.05, 0.1) is 0 Å². The lowest BCUT2D eigenvalue weighted by molar-refractivity contribution is 0.261. The minimum atomic E-state index is 0.706. The van der Waals surface area contributed by atoms with Gasteiger partial charge < -0.3 is 20.3 Å². The minimum absolute atomic E-state index is 0.706. The van der Waals surface area contributed by atoms with E-state index in [-0.39, 0.29) is 0 Å². The maximum Gasteiger partial charge on any atom is 0.191 e. The van der Waals surface area contributed by atoms with E-state index in [2.05, 4.69) is 32.7 Å². The molecule has 1 heterocycles. The maximum absolute atomic E-state index is 5.73. The zero-order valence-corrected chi connectivity index (χ0v) is 12.4. The van der Waals surface area contributed by atoms with Gasteiger partial charge in [0.25, 0.3) is 0 Å². The summed E-state index contributed by atoms with van der Waals surface area (Å²) >= 11 is 0. The molecule has 0 spiro atoms. The standard InChI is InChI=1S/C15H24N4O/c1-19(2)9-10-20-14-6-3-5-13(11-14)12-18-15-16-7-4-8-17-15/h3,5-6,11H,4,7-10,12H2,1-2H3,(H2,16,17,18). The fourth-order valence-corrected chi connectivity index (χ4v) is 1.93. The molecule has 1 aromatic rings. The fourth-order valence-electron chi connectivity index (χ4n) is 1.93. The third kappa shape index (κ3) is 5.09. The topological polar surface area (TPSA) is 48.9 Å². The largest absolute Gasteiger partial charge is 0.492 e. The molecule has 0 saturated heterocycles. The van der Waals surface area contributed by atoms with Crippen LogP contribution in [-0.2, 0) is 6.54 Å². The van der Waals surface area contributed by atoms with Crippen LogP contribution in [0, 0.1) is 0 Å². The van der Waals surface area contributed by atoms with Gasteiger partial charge in [0.1, 0.15) is 12.4 Å². The van der Waals surface area contributed by atoms with Gasteiger partial charge in [-0.25, -0.2) is 0 Å². The summed E-state index contributed by atoms with van der Waals surface area (Å²) in [4.78, 5) is 6.50. The van der Waals surface area contributed by atoms with Crippen LogP contribution in [-0.4, -0.2) is 51.2 Å². The van der Waals surface area contributed by atoms with Gasteiger partial charge in [0.15, 0.2) is 5.96 Å². The molecule has 5 nitrogen and oxygen atoms in total. The van der Waals surface area contributed by atoms with Crippen molar-refractivity contribution in [3.8, 4) is 5.75 Å². The van der Waals surface area contributed by atoms with E-state index in [0.717, 1.165) is 44.3 Å². The normalized spacial score (nSPS) is 14.7. The van der Waals surface area contributed by atoms with Gasteiger partial charge in [0.2, 0.25) is 0 Å². The molecule has 0 unspecified atom stereocenters. The van der Waals surface area contributed by atoms with E-state index in [1.165, 1.54) is 5.56 Å². The zero-order valence-electron chi connectivity index (χ0n) is 12.4. The van der Waals surface area contributed by atoms with Gasteiger partial charge in [0, 0.05) is 26.2 Å². The van der Waals surface area contributed by atoms with Crippen molar-refractivity contribution in [1.29, 1.82) is 0 Å².